The van der Waals surface area contributed by atoms with Gasteiger partial charge in [-0.05, 0) is 30.9 Å². The van der Waals surface area contributed by atoms with Crippen LogP contribution in [-0.4, -0.2) is 42.1 Å². The molecule has 3 atom stereocenters. The average molecular weight is 265 g/mol. The van der Waals surface area contributed by atoms with Gasteiger partial charge in [0.05, 0.1) is 25.4 Å². The predicted molar refractivity (Wildman–Crippen MR) is 73.7 cm³/mol. The molecule has 4 heteroatoms. The third-order valence-electron chi connectivity index (χ3n) is 3.56. The molecule has 106 valence electrons. The smallest absolute Gasteiger partial charge is 0.0777 e. The van der Waals surface area contributed by atoms with Crippen molar-refractivity contribution in [1.82, 2.24) is 5.32 Å². The Hall–Kier alpha value is -0.940. The van der Waals surface area contributed by atoms with Crippen molar-refractivity contribution in [3.63, 3.8) is 0 Å². The monoisotopic (exact) mass is 265 g/mol. The molecule has 1 aromatic carbocycles. The molecular weight excluding hydrogens is 242 g/mol. The molecule has 1 aromatic rings. The van der Waals surface area contributed by atoms with Crippen LogP contribution in [-0.2, 0) is 11.3 Å². The maximum Gasteiger partial charge on any atom is 0.0777 e. The fourth-order valence-corrected chi connectivity index (χ4v) is 2.45. The SMILES string of the molecule is OC(COCc1ccccc1)CC1CNCCC1O. The number of piperidine rings is 1. The number of benzene rings is 1. The Morgan fingerprint density at radius 3 is 2.84 bits per heavy atom. The van der Waals surface area contributed by atoms with E-state index in [4.69, 9.17) is 4.74 Å². The number of aliphatic hydroxyl groups excluding tert-OH is 2. The molecule has 1 heterocycles. The fourth-order valence-electron chi connectivity index (χ4n) is 2.45. The van der Waals surface area contributed by atoms with Gasteiger partial charge >= 0.3 is 0 Å². The number of aliphatic hydroxyl groups is 2. The molecule has 3 N–H and O–H groups in total. The van der Waals surface area contributed by atoms with E-state index in [9.17, 15) is 10.2 Å². The fraction of sp³-hybridized carbons (Fsp3) is 0.600. The third-order valence-corrected chi connectivity index (χ3v) is 3.56. The van der Waals surface area contributed by atoms with E-state index < -0.39 is 6.10 Å². The van der Waals surface area contributed by atoms with Gasteiger partial charge in [0.25, 0.3) is 0 Å². The van der Waals surface area contributed by atoms with Gasteiger partial charge in [0.2, 0.25) is 0 Å². The normalized spacial score (nSPS) is 25.2. The minimum atomic E-state index is -0.511. The second kappa shape index (κ2) is 7.60. The van der Waals surface area contributed by atoms with Crippen molar-refractivity contribution in [3.8, 4) is 0 Å². The number of rotatable bonds is 6. The molecule has 3 unspecified atom stereocenters. The summed E-state index contributed by atoms with van der Waals surface area (Å²) in [4.78, 5) is 0. The molecule has 2 rings (SSSR count). The van der Waals surface area contributed by atoms with Gasteiger partial charge in [-0.3, -0.25) is 0 Å². The summed E-state index contributed by atoms with van der Waals surface area (Å²) in [7, 11) is 0. The summed E-state index contributed by atoms with van der Waals surface area (Å²) >= 11 is 0. The van der Waals surface area contributed by atoms with E-state index in [1.54, 1.807) is 0 Å². The van der Waals surface area contributed by atoms with Crippen LogP contribution in [0.3, 0.4) is 0 Å². The Kier molecular flexibility index (Phi) is 5.79. The molecule has 0 saturated carbocycles. The Morgan fingerprint density at radius 1 is 1.32 bits per heavy atom. The zero-order valence-corrected chi connectivity index (χ0v) is 11.2. The Balaban J connectivity index is 1.65. The molecule has 1 fully saturated rings. The van der Waals surface area contributed by atoms with E-state index in [1.807, 2.05) is 30.3 Å². The summed E-state index contributed by atoms with van der Waals surface area (Å²) < 4.78 is 5.51. The summed E-state index contributed by atoms with van der Waals surface area (Å²) in [5.41, 5.74) is 1.11. The summed E-state index contributed by atoms with van der Waals surface area (Å²) in [6, 6.07) is 9.91. The molecule has 0 aromatic heterocycles. The topological polar surface area (TPSA) is 61.7 Å². The van der Waals surface area contributed by atoms with Crippen molar-refractivity contribution in [3.05, 3.63) is 35.9 Å². The highest BCUT2D eigenvalue weighted by atomic mass is 16.5. The second-order valence-corrected chi connectivity index (χ2v) is 5.21. The standard InChI is InChI=1S/C15H23NO3/c17-14(8-13-9-16-7-6-15(13)18)11-19-10-12-4-2-1-3-5-12/h1-5,13-18H,6-11H2. The lowest BCUT2D eigenvalue weighted by molar-refractivity contribution is -0.00681. The van der Waals surface area contributed by atoms with Crippen molar-refractivity contribution >= 4 is 0 Å². The van der Waals surface area contributed by atoms with Crippen LogP contribution in [0.4, 0.5) is 0 Å². The first-order valence-electron chi connectivity index (χ1n) is 6.94. The van der Waals surface area contributed by atoms with Gasteiger partial charge in [-0.1, -0.05) is 30.3 Å². The second-order valence-electron chi connectivity index (χ2n) is 5.21. The summed E-state index contributed by atoms with van der Waals surface area (Å²) in [5, 5.41) is 23.0. The number of ether oxygens (including phenoxy) is 1. The average Bonchev–Trinajstić information content (AvgIpc) is 2.43. The Bertz CT molecular complexity index is 358. The van der Waals surface area contributed by atoms with E-state index in [2.05, 4.69) is 5.32 Å². The van der Waals surface area contributed by atoms with E-state index >= 15 is 0 Å². The van der Waals surface area contributed by atoms with Crippen LogP contribution in [0.1, 0.15) is 18.4 Å². The van der Waals surface area contributed by atoms with Crippen LogP contribution >= 0.6 is 0 Å². The van der Waals surface area contributed by atoms with E-state index in [0.717, 1.165) is 25.1 Å². The minimum absolute atomic E-state index is 0.129. The highest BCUT2D eigenvalue weighted by Gasteiger charge is 2.25. The van der Waals surface area contributed by atoms with Crippen molar-refractivity contribution < 1.29 is 14.9 Å². The molecule has 1 aliphatic heterocycles. The molecular formula is C15H23NO3. The van der Waals surface area contributed by atoms with Crippen molar-refractivity contribution in [2.45, 2.75) is 31.7 Å². The van der Waals surface area contributed by atoms with E-state index in [-0.39, 0.29) is 12.0 Å². The number of nitrogens with one attached hydrogen (secondary N) is 1. The molecule has 19 heavy (non-hydrogen) atoms. The number of hydrogen-bond donors (Lipinski definition) is 3. The van der Waals surface area contributed by atoms with Crippen LogP contribution in [0, 0.1) is 5.92 Å². The van der Waals surface area contributed by atoms with Crippen LogP contribution in [0.5, 0.6) is 0 Å². The van der Waals surface area contributed by atoms with E-state index in [1.165, 1.54) is 0 Å². The molecule has 1 saturated heterocycles. The van der Waals surface area contributed by atoms with Gasteiger partial charge in [0.1, 0.15) is 0 Å². The first kappa shape index (κ1) is 14.5. The molecule has 0 radical (unpaired) electrons. The van der Waals surface area contributed by atoms with Crippen LogP contribution in [0.15, 0.2) is 30.3 Å². The molecule has 0 spiro atoms. The predicted octanol–water partition coefficient (Wildman–Crippen LogP) is 0.925. The molecule has 0 aliphatic carbocycles. The maximum atomic E-state index is 9.93. The Morgan fingerprint density at radius 2 is 2.11 bits per heavy atom. The molecule has 0 bridgehead atoms. The minimum Gasteiger partial charge on any atom is -0.393 e. The lowest BCUT2D eigenvalue weighted by atomic mass is 9.91. The van der Waals surface area contributed by atoms with Crippen LogP contribution in [0.25, 0.3) is 0 Å². The maximum absolute atomic E-state index is 9.93. The highest BCUT2D eigenvalue weighted by Crippen LogP contribution is 2.17. The van der Waals surface area contributed by atoms with Gasteiger partial charge in [-0.15, -0.1) is 0 Å². The zero-order chi connectivity index (χ0) is 13.5. The Labute approximate surface area is 114 Å². The summed E-state index contributed by atoms with van der Waals surface area (Å²) in [6.45, 7) is 2.47. The van der Waals surface area contributed by atoms with E-state index in [0.29, 0.717) is 19.6 Å². The molecule has 0 amide bonds. The van der Waals surface area contributed by atoms with Crippen LogP contribution < -0.4 is 5.32 Å². The third kappa shape index (κ3) is 4.91. The van der Waals surface area contributed by atoms with Crippen LogP contribution in [0.2, 0.25) is 0 Å². The largest absolute Gasteiger partial charge is 0.393 e. The summed E-state index contributed by atoms with van der Waals surface area (Å²) in [6.07, 6.45) is 0.541. The first-order chi connectivity index (χ1) is 9.25. The quantitative estimate of drug-likeness (QED) is 0.716. The lowest BCUT2D eigenvalue weighted by Crippen LogP contribution is -2.41. The molecule has 1 aliphatic rings. The van der Waals surface area contributed by atoms with Gasteiger partial charge in [-0.25, -0.2) is 0 Å². The lowest BCUT2D eigenvalue weighted by Gasteiger charge is -2.29. The van der Waals surface area contributed by atoms with Gasteiger partial charge < -0.3 is 20.3 Å². The molecule has 4 nitrogen and oxygen atoms in total. The van der Waals surface area contributed by atoms with Crippen molar-refractivity contribution in [1.29, 1.82) is 0 Å². The highest BCUT2D eigenvalue weighted by molar-refractivity contribution is 5.13. The number of hydrogen-bond acceptors (Lipinski definition) is 4. The first-order valence-corrected chi connectivity index (χ1v) is 6.94. The van der Waals surface area contributed by atoms with Gasteiger partial charge in [0, 0.05) is 6.54 Å². The van der Waals surface area contributed by atoms with Crippen molar-refractivity contribution in [2.24, 2.45) is 5.92 Å². The van der Waals surface area contributed by atoms with Crippen molar-refractivity contribution in [2.75, 3.05) is 19.7 Å². The zero-order valence-electron chi connectivity index (χ0n) is 11.2. The van der Waals surface area contributed by atoms with Gasteiger partial charge in [0.15, 0.2) is 0 Å². The summed E-state index contributed by atoms with van der Waals surface area (Å²) in [5.74, 6) is 0.129. The van der Waals surface area contributed by atoms with Gasteiger partial charge in [-0.2, -0.15) is 0 Å².